The fourth-order valence-electron chi connectivity index (χ4n) is 2.21. The number of ether oxygens (including phenoxy) is 1. The highest BCUT2D eigenvalue weighted by Crippen LogP contribution is 2.25. The number of likely N-dealkylation sites (tertiary alicyclic amines) is 1. The van der Waals surface area contributed by atoms with E-state index >= 15 is 0 Å². The van der Waals surface area contributed by atoms with Crippen molar-refractivity contribution in [2.24, 2.45) is 0 Å². The molecule has 1 aromatic rings. The van der Waals surface area contributed by atoms with Crippen molar-refractivity contribution in [3.63, 3.8) is 0 Å². The molecule has 2 amide bonds. The number of nitrogens with one attached hydrogen (secondary N) is 2. The molecule has 0 aromatic carbocycles. The zero-order valence-corrected chi connectivity index (χ0v) is 15.1. The molecule has 0 saturated carbocycles. The Bertz CT molecular complexity index is 723. The lowest BCUT2D eigenvalue weighted by molar-refractivity contribution is -0.590. The van der Waals surface area contributed by atoms with Gasteiger partial charge in [-0.25, -0.2) is 9.78 Å². The van der Waals surface area contributed by atoms with Gasteiger partial charge >= 0.3 is 11.7 Å². The van der Waals surface area contributed by atoms with Crippen LogP contribution in [0.5, 0.6) is 0 Å². The van der Waals surface area contributed by atoms with Crippen molar-refractivity contribution in [1.29, 1.82) is 5.41 Å². The van der Waals surface area contributed by atoms with Gasteiger partial charge in [-0.2, -0.15) is 0 Å². The summed E-state index contributed by atoms with van der Waals surface area (Å²) in [5.74, 6) is -0.139. The lowest BCUT2D eigenvalue weighted by Crippen LogP contribution is -2.79. The van der Waals surface area contributed by atoms with Gasteiger partial charge in [0.15, 0.2) is 0 Å². The first-order valence-corrected chi connectivity index (χ1v) is 8.17. The molecule has 1 fully saturated rings. The number of carbonyl (C=O) groups excluding carboxylic acids is 1. The number of anilines is 1. The third-order valence-corrected chi connectivity index (χ3v) is 3.90. The van der Waals surface area contributed by atoms with E-state index in [9.17, 15) is 14.9 Å². The number of methoxy groups -OCH3 is 1. The highest BCUT2D eigenvalue weighted by molar-refractivity contribution is 9.10. The molecule has 10 nitrogen and oxygen atoms in total. The molecule has 11 heteroatoms. The van der Waals surface area contributed by atoms with E-state index in [4.69, 9.17) is 10.1 Å². The minimum atomic E-state index is -0.614. The summed E-state index contributed by atoms with van der Waals surface area (Å²) in [6, 6.07) is 2.14. The van der Waals surface area contributed by atoms with Crippen LogP contribution in [0.25, 0.3) is 0 Å². The fraction of sp³-hybridized carbons (Fsp3) is 0.357. The quantitative estimate of drug-likeness (QED) is 0.273. The van der Waals surface area contributed by atoms with Crippen molar-refractivity contribution in [2.45, 2.75) is 0 Å². The smallest absolute Gasteiger partial charge is 0.323 e. The number of hydrogen-bond donors (Lipinski definition) is 3. The Balaban J connectivity index is 2.04. The van der Waals surface area contributed by atoms with E-state index in [-0.39, 0.29) is 24.6 Å². The average molecular weight is 414 g/mol. The molecule has 134 valence electrons. The number of halogens is 1. The minimum Gasteiger partial charge on any atom is -0.379 e. The topological polar surface area (TPSA) is 138 Å². The molecule has 2 heterocycles. The molecule has 1 aliphatic rings. The maximum Gasteiger partial charge on any atom is 0.323 e. The molecule has 4 N–H and O–H groups in total. The van der Waals surface area contributed by atoms with Crippen LogP contribution >= 0.6 is 15.9 Å². The van der Waals surface area contributed by atoms with Gasteiger partial charge in [-0.1, -0.05) is 0 Å². The Labute approximate surface area is 152 Å². The number of nitrogens with two attached hydrogens (primary N) is 1. The minimum absolute atomic E-state index is 0.136. The van der Waals surface area contributed by atoms with E-state index < -0.39 is 11.0 Å². The van der Waals surface area contributed by atoms with Gasteiger partial charge in [0.1, 0.15) is 11.1 Å². The molecule has 1 aliphatic heterocycles. The summed E-state index contributed by atoms with van der Waals surface area (Å²) in [5, 5.41) is 23.3. The van der Waals surface area contributed by atoms with Crippen LogP contribution in [0.15, 0.2) is 28.5 Å². The van der Waals surface area contributed by atoms with E-state index in [2.05, 4.69) is 26.2 Å². The molecule has 2 rings (SSSR count). The molecule has 0 spiro atoms. The summed E-state index contributed by atoms with van der Waals surface area (Å²) in [5.41, 5.74) is 0.762. The Morgan fingerprint density at radius 3 is 3.04 bits per heavy atom. The number of amides is 2. The molecule has 1 saturated heterocycles. The summed E-state index contributed by atoms with van der Waals surface area (Å²) in [6.45, 7) is 1.70. The van der Waals surface area contributed by atoms with Crippen molar-refractivity contribution in [1.82, 2.24) is 9.88 Å². The second-order valence-corrected chi connectivity index (χ2v) is 6.05. The number of pyridine rings is 1. The molecule has 0 radical (unpaired) electrons. The number of nitrogens with zero attached hydrogens (tertiary/aromatic N) is 3. The van der Waals surface area contributed by atoms with Gasteiger partial charge in [-0.15, -0.1) is 0 Å². The Hall–Kier alpha value is -2.37. The van der Waals surface area contributed by atoms with Gasteiger partial charge in [0, 0.05) is 18.7 Å². The second-order valence-electron chi connectivity index (χ2n) is 5.23. The predicted octanol–water partition coefficient (Wildman–Crippen LogP) is 0.713. The summed E-state index contributed by atoms with van der Waals surface area (Å²) in [7, 11) is 1.61. The molecule has 0 unspecified atom stereocenters. The Morgan fingerprint density at radius 1 is 1.60 bits per heavy atom. The first-order valence-electron chi connectivity index (χ1n) is 7.38. The van der Waals surface area contributed by atoms with Gasteiger partial charge in [-0.05, 0) is 22.0 Å². The molecular formula is C14H18BrN6O4+. The molecule has 0 bridgehead atoms. The number of quaternary nitrogens is 1. The van der Waals surface area contributed by atoms with Crippen molar-refractivity contribution in [2.75, 3.05) is 38.7 Å². The van der Waals surface area contributed by atoms with Crippen molar-refractivity contribution >= 4 is 39.2 Å². The van der Waals surface area contributed by atoms with Crippen LogP contribution < -0.4 is 10.6 Å². The van der Waals surface area contributed by atoms with E-state index in [1.54, 1.807) is 13.3 Å². The predicted molar refractivity (Wildman–Crippen MR) is 93.7 cm³/mol. The van der Waals surface area contributed by atoms with Crippen molar-refractivity contribution < 1.29 is 19.8 Å². The molecule has 1 aromatic heterocycles. The normalized spacial score (nSPS) is 15.7. The van der Waals surface area contributed by atoms with Gasteiger partial charge in [0.05, 0.1) is 36.5 Å². The SMILES string of the molecule is COCC[NH2+]/C=C1/CN(C(=O)Nc2nc(Br)ccc2[N+](=O)[O-])CC1=N. The number of hydrogen-bond acceptors (Lipinski definition) is 6. The highest BCUT2D eigenvalue weighted by Gasteiger charge is 2.29. The van der Waals surface area contributed by atoms with E-state index in [1.807, 2.05) is 5.32 Å². The fourth-order valence-corrected chi connectivity index (χ4v) is 2.51. The standard InChI is InChI=1S/C14H17BrN6O4/c1-25-5-4-17-6-9-7-20(8-10(9)16)14(22)19-13-11(21(23)24)2-3-12(15)18-13/h2-3,6,16-17H,4-5,7-8H2,1H3,(H,18,19,22)/p+1/b9-6-,16-10?. The van der Waals surface area contributed by atoms with Crippen molar-refractivity contribution in [3.8, 4) is 0 Å². The van der Waals surface area contributed by atoms with Gasteiger partial charge < -0.3 is 20.4 Å². The van der Waals surface area contributed by atoms with Crippen LogP contribution in [-0.4, -0.2) is 59.9 Å². The van der Waals surface area contributed by atoms with E-state index in [0.717, 1.165) is 5.57 Å². The number of urea groups is 1. The lowest BCUT2D eigenvalue weighted by atomic mass is 10.2. The summed E-state index contributed by atoms with van der Waals surface area (Å²) >= 11 is 3.12. The Kier molecular flexibility index (Phi) is 6.56. The number of carbonyl (C=O) groups is 1. The number of rotatable bonds is 6. The molecule has 0 aliphatic carbocycles. The highest BCUT2D eigenvalue weighted by atomic mass is 79.9. The molecule has 0 atom stereocenters. The van der Waals surface area contributed by atoms with Crippen LogP contribution in [0.2, 0.25) is 0 Å². The first kappa shape index (κ1) is 19.0. The maximum absolute atomic E-state index is 12.4. The largest absolute Gasteiger partial charge is 0.379 e. The molecular weight excluding hydrogens is 396 g/mol. The first-order chi connectivity index (χ1) is 11.9. The molecule has 25 heavy (non-hydrogen) atoms. The zero-order valence-electron chi connectivity index (χ0n) is 13.5. The maximum atomic E-state index is 12.4. The van der Waals surface area contributed by atoms with E-state index in [1.165, 1.54) is 17.0 Å². The second kappa shape index (κ2) is 8.65. The monoisotopic (exact) mass is 413 g/mol. The number of nitro groups is 1. The summed E-state index contributed by atoms with van der Waals surface area (Å²) in [4.78, 5) is 28.1. The summed E-state index contributed by atoms with van der Waals surface area (Å²) in [6.07, 6.45) is 1.80. The van der Waals surface area contributed by atoms with Gasteiger partial charge in [0.2, 0.25) is 5.82 Å². The van der Waals surface area contributed by atoms with Gasteiger partial charge in [0.25, 0.3) is 0 Å². The Morgan fingerprint density at radius 2 is 2.36 bits per heavy atom. The van der Waals surface area contributed by atoms with Crippen molar-refractivity contribution in [3.05, 3.63) is 38.6 Å². The lowest BCUT2D eigenvalue weighted by Gasteiger charge is -2.15. The van der Waals surface area contributed by atoms with Crippen LogP contribution in [0.3, 0.4) is 0 Å². The van der Waals surface area contributed by atoms with Crippen LogP contribution in [0.4, 0.5) is 16.3 Å². The van der Waals surface area contributed by atoms with E-state index in [0.29, 0.717) is 23.5 Å². The third kappa shape index (κ3) is 5.05. The van der Waals surface area contributed by atoms with Crippen LogP contribution in [0.1, 0.15) is 0 Å². The third-order valence-electron chi connectivity index (χ3n) is 3.45. The van der Waals surface area contributed by atoms with Crippen LogP contribution in [-0.2, 0) is 4.74 Å². The summed E-state index contributed by atoms with van der Waals surface area (Å²) < 4.78 is 5.32. The van der Waals surface area contributed by atoms with Crippen LogP contribution in [0, 0.1) is 15.5 Å². The van der Waals surface area contributed by atoms with Gasteiger partial charge in [-0.3, -0.25) is 15.4 Å². The average Bonchev–Trinajstić information content (AvgIpc) is 2.92. The zero-order chi connectivity index (χ0) is 18.4. The number of aromatic nitrogens is 1.